The zero-order chi connectivity index (χ0) is 15.4. The van der Waals surface area contributed by atoms with Gasteiger partial charge in [0.15, 0.2) is 11.5 Å². The Morgan fingerprint density at radius 2 is 1.59 bits per heavy atom. The van der Waals surface area contributed by atoms with Gasteiger partial charge in [-0.25, -0.2) is 4.98 Å². The molecule has 0 fully saturated rings. The second-order valence-corrected chi connectivity index (χ2v) is 4.35. The molecular weight excluding hydrogens is 295 g/mol. The molecule has 8 heteroatoms. The molecule has 1 heterocycles. The van der Waals surface area contributed by atoms with Crippen LogP contribution < -0.4 is 25.7 Å². The summed E-state index contributed by atoms with van der Waals surface area (Å²) < 4.78 is 15.9. The van der Waals surface area contributed by atoms with Crippen molar-refractivity contribution in [3.05, 3.63) is 29.5 Å². The van der Waals surface area contributed by atoms with E-state index in [-0.39, 0.29) is 35.5 Å². The number of hydrogen-bond acceptors (Lipinski definition) is 7. The first kappa shape index (κ1) is 18.3. The summed E-state index contributed by atoms with van der Waals surface area (Å²) in [5.74, 6) is 2.23. The second-order valence-electron chi connectivity index (χ2n) is 4.35. The van der Waals surface area contributed by atoms with E-state index >= 15 is 0 Å². The average Bonchev–Trinajstić information content (AvgIpc) is 2.49. The molecule has 0 saturated carbocycles. The third kappa shape index (κ3) is 3.94. The van der Waals surface area contributed by atoms with E-state index in [1.54, 1.807) is 27.5 Å². The molecule has 0 aliphatic carbocycles. The maximum atomic E-state index is 5.85. The monoisotopic (exact) mass is 314 g/mol. The van der Waals surface area contributed by atoms with Crippen molar-refractivity contribution in [1.82, 2.24) is 9.97 Å². The molecule has 0 unspecified atom stereocenters. The normalized spacial score (nSPS) is 9.77. The van der Waals surface area contributed by atoms with Crippen LogP contribution >= 0.6 is 0 Å². The van der Waals surface area contributed by atoms with Crippen LogP contribution in [-0.4, -0.2) is 60.9 Å². The molecular formula is C14H19N4NaO3. The van der Waals surface area contributed by atoms with Crippen LogP contribution in [0.4, 0.5) is 11.8 Å². The molecule has 1 aromatic heterocycles. The summed E-state index contributed by atoms with van der Waals surface area (Å²) in [5.41, 5.74) is 13.1. The second kappa shape index (κ2) is 8.07. The molecule has 0 aliphatic rings. The van der Waals surface area contributed by atoms with Crippen LogP contribution in [0.1, 0.15) is 11.1 Å². The molecule has 0 spiro atoms. The number of nitrogens with two attached hydrogens (primary N) is 2. The van der Waals surface area contributed by atoms with Gasteiger partial charge < -0.3 is 25.7 Å². The minimum atomic E-state index is 0. The zero-order valence-corrected chi connectivity index (χ0v) is 12.2. The van der Waals surface area contributed by atoms with E-state index in [1.165, 1.54) is 0 Å². The molecule has 0 atom stereocenters. The number of aromatic nitrogens is 2. The van der Waals surface area contributed by atoms with Crippen LogP contribution in [0.2, 0.25) is 0 Å². The van der Waals surface area contributed by atoms with Crippen LogP contribution in [0.3, 0.4) is 0 Å². The van der Waals surface area contributed by atoms with Crippen LogP contribution in [-0.2, 0) is 6.42 Å². The zero-order valence-electron chi connectivity index (χ0n) is 12.2. The van der Waals surface area contributed by atoms with Crippen molar-refractivity contribution in [2.75, 3.05) is 32.8 Å². The third-order valence-corrected chi connectivity index (χ3v) is 3.04. The summed E-state index contributed by atoms with van der Waals surface area (Å²) in [5, 5.41) is 0. The molecule has 2 rings (SSSR count). The van der Waals surface area contributed by atoms with Gasteiger partial charge in [-0.3, -0.25) is 0 Å². The summed E-state index contributed by atoms with van der Waals surface area (Å²) in [6, 6.07) is 3.72. The van der Waals surface area contributed by atoms with Crippen LogP contribution in [0.15, 0.2) is 18.3 Å². The molecule has 114 valence electrons. The molecule has 0 radical (unpaired) electrons. The van der Waals surface area contributed by atoms with E-state index in [1.807, 2.05) is 12.1 Å². The summed E-state index contributed by atoms with van der Waals surface area (Å²) in [6.45, 7) is 0. The number of rotatable bonds is 5. The average molecular weight is 314 g/mol. The van der Waals surface area contributed by atoms with Crippen LogP contribution in [0.25, 0.3) is 0 Å². The molecule has 0 bridgehead atoms. The molecule has 4 N–H and O–H groups in total. The Hall–Kier alpha value is -1.70. The number of anilines is 2. The van der Waals surface area contributed by atoms with Crippen molar-refractivity contribution >= 4 is 41.3 Å². The van der Waals surface area contributed by atoms with Crippen molar-refractivity contribution in [3.63, 3.8) is 0 Å². The third-order valence-electron chi connectivity index (χ3n) is 3.04. The number of methoxy groups -OCH3 is 3. The van der Waals surface area contributed by atoms with Crippen molar-refractivity contribution in [2.45, 2.75) is 6.42 Å². The maximum absolute atomic E-state index is 5.85. The summed E-state index contributed by atoms with van der Waals surface area (Å²) >= 11 is 0. The Bertz CT molecular complexity index is 627. The Balaban J connectivity index is 0.00000242. The van der Waals surface area contributed by atoms with Gasteiger partial charge in [-0.2, -0.15) is 4.98 Å². The van der Waals surface area contributed by atoms with Gasteiger partial charge in [-0.1, -0.05) is 0 Å². The topological polar surface area (TPSA) is 106 Å². The first-order valence-corrected chi connectivity index (χ1v) is 6.24. The van der Waals surface area contributed by atoms with Crippen molar-refractivity contribution in [1.29, 1.82) is 0 Å². The number of nitrogen functional groups attached to an aromatic ring is 2. The fourth-order valence-electron chi connectivity index (χ4n) is 2.03. The minimum absolute atomic E-state index is 0. The molecule has 22 heavy (non-hydrogen) atoms. The van der Waals surface area contributed by atoms with Crippen molar-refractivity contribution in [3.8, 4) is 17.2 Å². The van der Waals surface area contributed by atoms with Gasteiger partial charge in [0.1, 0.15) is 5.82 Å². The summed E-state index contributed by atoms with van der Waals surface area (Å²) in [7, 11) is 4.70. The van der Waals surface area contributed by atoms with Gasteiger partial charge in [-0.05, 0) is 17.7 Å². The van der Waals surface area contributed by atoms with E-state index in [9.17, 15) is 0 Å². The van der Waals surface area contributed by atoms with Crippen LogP contribution in [0.5, 0.6) is 17.2 Å². The predicted molar refractivity (Wildman–Crippen MR) is 86.9 cm³/mol. The predicted octanol–water partition coefficient (Wildman–Crippen LogP) is 0.609. The van der Waals surface area contributed by atoms with Gasteiger partial charge >= 0.3 is 29.6 Å². The van der Waals surface area contributed by atoms with Crippen molar-refractivity contribution in [2.24, 2.45) is 0 Å². The Kier molecular flexibility index (Phi) is 6.73. The fraction of sp³-hybridized carbons (Fsp3) is 0.286. The van der Waals surface area contributed by atoms with Crippen molar-refractivity contribution < 1.29 is 14.2 Å². The van der Waals surface area contributed by atoms with E-state index < -0.39 is 0 Å². The summed E-state index contributed by atoms with van der Waals surface area (Å²) in [4.78, 5) is 7.90. The number of ether oxygens (including phenoxy) is 3. The molecule has 0 aliphatic heterocycles. The molecule has 1 aromatic carbocycles. The first-order chi connectivity index (χ1) is 10.1. The Labute approximate surface area is 151 Å². The van der Waals surface area contributed by atoms with Gasteiger partial charge in [-0.15, -0.1) is 0 Å². The summed E-state index contributed by atoms with van der Waals surface area (Å²) in [6.07, 6.45) is 2.14. The number of nitrogens with zero attached hydrogens (tertiary/aromatic N) is 2. The van der Waals surface area contributed by atoms with E-state index in [2.05, 4.69) is 9.97 Å². The van der Waals surface area contributed by atoms with E-state index in [0.717, 1.165) is 11.1 Å². The van der Waals surface area contributed by atoms with Gasteiger partial charge in [0.2, 0.25) is 11.7 Å². The number of hydrogen-bond donors (Lipinski definition) is 2. The quantitative estimate of drug-likeness (QED) is 0.779. The molecule has 0 saturated heterocycles. The molecule has 0 amide bonds. The van der Waals surface area contributed by atoms with Gasteiger partial charge in [0.05, 0.1) is 21.3 Å². The van der Waals surface area contributed by atoms with E-state index in [0.29, 0.717) is 29.5 Å². The number of benzene rings is 1. The Morgan fingerprint density at radius 3 is 2.05 bits per heavy atom. The van der Waals surface area contributed by atoms with Gasteiger partial charge in [0.25, 0.3) is 0 Å². The standard InChI is InChI=1S/C14H18N4O3.Na.H/c1-19-10-5-8(6-11(20-2)12(10)21-3)4-9-7-17-14(16)18-13(9)15;;/h5-7H,4H2,1-3H3,(H4,15,16,17,18);;. The molecule has 7 nitrogen and oxygen atoms in total. The van der Waals surface area contributed by atoms with Crippen LogP contribution in [0, 0.1) is 0 Å². The van der Waals surface area contributed by atoms with Gasteiger partial charge in [0, 0.05) is 18.2 Å². The first-order valence-electron chi connectivity index (χ1n) is 6.24. The SMILES string of the molecule is COc1cc(Cc2cnc(N)nc2N)cc(OC)c1OC.[NaH]. The fourth-order valence-corrected chi connectivity index (χ4v) is 2.03. The molecule has 2 aromatic rings. The van der Waals surface area contributed by atoms with E-state index in [4.69, 9.17) is 25.7 Å². The Morgan fingerprint density at radius 1 is 1.00 bits per heavy atom.